The van der Waals surface area contributed by atoms with Crippen LogP contribution in [-0.4, -0.2) is 16.6 Å². The lowest BCUT2D eigenvalue weighted by molar-refractivity contribution is 0.531. The molecule has 19 heavy (non-hydrogen) atoms. The lowest BCUT2D eigenvalue weighted by Gasteiger charge is -2.17. The number of hydrogen-bond acceptors (Lipinski definition) is 2. The summed E-state index contributed by atoms with van der Waals surface area (Å²) < 4.78 is 15.6. The molecule has 100 valence electrons. The second-order valence-electron chi connectivity index (χ2n) is 4.98. The van der Waals surface area contributed by atoms with Gasteiger partial charge >= 0.3 is 0 Å². The first kappa shape index (κ1) is 12.4. The van der Waals surface area contributed by atoms with Crippen molar-refractivity contribution in [3.63, 3.8) is 0 Å². The molecule has 0 amide bonds. The third kappa shape index (κ3) is 2.28. The minimum atomic E-state index is -0.208. The van der Waals surface area contributed by atoms with E-state index < -0.39 is 0 Å². The standard InChI is InChI=1S/C15H18FN3/c1-17-10-13-14-7-2-3-8-19(14)15(18-13)11-5-4-6-12(16)9-11/h4-6,9,17H,2-3,7-8,10H2,1H3. The van der Waals surface area contributed by atoms with Crippen LogP contribution in [0.15, 0.2) is 24.3 Å². The number of imidazole rings is 1. The van der Waals surface area contributed by atoms with Gasteiger partial charge in [0.05, 0.1) is 5.69 Å². The highest BCUT2D eigenvalue weighted by atomic mass is 19.1. The van der Waals surface area contributed by atoms with Crippen LogP contribution in [-0.2, 0) is 19.5 Å². The number of rotatable bonds is 3. The Morgan fingerprint density at radius 3 is 3.05 bits per heavy atom. The molecule has 2 heterocycles. The van der Waals surface area contributed by atoms with Gasteiger partial charge in [0, 0.05) is 24.3 Å². The zero-order chi connectivity index (χ0) is 13.2. The van der Waals surface area contributed by atoms with Crippen LogP contribution in [0.2, 0.25) is 0 Å². The Kier molecular flexibility index (Phi) is 3.34. The molecule has 1 aliphatic heterocycles. The molecule has 0 spiro atoms. The van der Waals surface area contributed by atoms with Gasteiger partial charge in [-0.2, -0.15) is 0 Å². The van der Waals surface area contributed by atoms with Gasteiger partial charge in [-0.25, -0.2) is 9.37 Å². The predicted molar refractivity (Wildman–Crippen MR) is 73.3 cm³/mol. The van der Waals surface area contributed by atoms with Crippen molar-refractivity contribution >= 4 is 0 Å². The van der Waals surface area contributed by atoms with Gasteiger partial charge in [-0.3, -0.25) is 0 Å². The molecule has 0 saturated carbocycles. The average Bonchev–Trinajstić information content (AvgIpc) is 2.79. The molecule has 0 radical (unpaired) electrons. The molecule has 0 unspecified atom stereocenters. The van der Waals surface area contributed by atoms with Gasteiger partial charge in [-0.1, -0.05) is 12.1 Å². The largest absolute Gasteiger partial charge is 0.328 e. The highest BCUT2D eigenvalue weighted by Crippen LogP contribution is 2.27. The van der Waals surface area contributed by atoms with Gasteiger partial charge in [0.1, 0.15) is 11.6 Å². The van der Waals surface area contributed by atoms with E-state index in [-0.39, 0.29) is 5.82 Å². The monoisotopic (exact) mass is 259 g/mol. The molecule has 0 atom stereocenters. The van der Waals surface area contributed by atoms with Gasteiger partial charge < -0.3 is 9.88 Å². The minimum absolute atomic E-state index is 0.208. The van der Waals surface area contributed by atoms with Crippen LogP contribution >= 0.6 is 0 Å². The van der Waals surface area contributed by atoms with Gasteiger partial charge in [-0.05, 0) is 38.4 Å². The van der Waals surface area contributed by atoms with Crippen LogP contribution in [0.3, 0.4) is 0 Å². The molecule has 0 bridgehead atoms. The van der Waals surface area contributed by atoms with E-state index in [2.05, 4.69) is 9.88 Å². The second kappa shape index (κ2) is 5.13. The fraction of sp³-hybridized carbons (Fsp3) is 0.400. The van der Waals surface area contributed by atoms with Crippen molar-refractivity contribution < 1.29 is 4.39 Å². The van der Waals surface area contributed by atoms with Crippen molar-refractivity contribution in [1.82, 2.24) is 14.9 Å². The highest BCUT2D eigenvalue weighted by Gasteiger charge is 2.20. The maximum absolute atomic E-state index is 13.4. The van der Waals surface area contributed by atoms with Crippen molar-refractivity contribution in [3.05, 3.63) is 41.5 Å². The molecular formula is C15H18FN3. The molecule has 3 rings (SSSR count). The molecule has 1 aromatic carbocycles. The Morgan fingerprint density at radius 2 is 2.26 bits per heavy atom. The van der Waals surface area contributed by atoms with E-state index >= 15 is 0 Å². The Bertz CT molecular complexity index is 589. The van der Waals surface area contributed by atoms with Gasteiger partial charge in [0.15, 0.2) is 0 Å². The lowest BCUT2D eigenvalue weighted by Crippen LogP contribution is -2.14. The average molecular weight is 259 g/mol. The highest BCUT2D eigenvalue weighted by molar-refractivity contribution is 5.57. The first-order valence-electron chi connectivity index (χ1n) is 6.78. The summed E-state index contributed by atoms with van der Waals surface area (Å²) in [6.45, 7) is 1.75. The molecule has 2 aromatic rings. The molecule has 1 aromatic heterocycles. The molecule has 0 aliphatic carbocycles. The summed E-state index contributed by atoms with van der Waals surface area (Å²) in [6.07, 6.45) is 3.45. The van der Waals surface area contributed by atoms with Gasteiger partial charge in [0.2, 0.25) is 0 Å². The normalized spacial score (nSPS) is 14.4. The fourth-order valence-corrected chi connectivity index (χ4v) is 2.78. The molecule has 0 fully saturated rings. The summed E-state index contributed by atoms with van der Waals surface area (Å²) in [6, 6.07) is 6.70. The SMILES string of the molecule is CNCc1nc(-c2cccc(F)c2)n2c1CCCC2. The molecule has 4 heteroatoms. The van der Waals surface area contributed by atoms with Crippen LogP contribution in [0.4, 0.5) is 4.39 Å². The summed E-state index contributed by atoms with van der Waals surface area (Å²) in [4.78, 5) is 4.73. The molecular weight excluding hydrogens is 241 g/mol. The van der Waals surface area contributed by atoms with E-state index in [9.17, 15) is 4.39 Å². The number of hydrogen-bond donors (Lipinski definition) is 1. The zero-order valence-corrected chi connectivity index (χ0v) is 11.1. The first-order chi connectivity index (χ1) is 9.29. The number of fused-ring (bicyclic) bond motifs is 1. The zero-order valence-electron chi connectivity index (χ0n) is 11.1. The van der Waals surface area contributed by atoms with E-state index in [1.54, 1.807) is 12.1 Å². The third-order valence-electron chi connectivity index (χ3n) is 3.63. The topological polar surface area (TPSA) is 29.9 Å². The first-order valence-corrected chi connectivity index (χ1v) is 6.78. The van der Waals surface area contributed by atoms with E-state index in [1.165, 1.54) is 24.6 Å². The number of benzene rings is 1. The molecule has 1 aliphatic rings. The van der Waals surface area contributed by atoms with Crippen LogP contribution in [0.25, 0.3) is 11.4 Å². The van der Waals surface area contributed by atoms with Crippen molar-refractivity contribution in [1.29, 1.82) is 0 Å². The van der Waals surface area contributed by atoms with Crippen molar-refractivity contribution in [2.24, 2.45) is 0 Å². The van der Waals surface area contributed by atoms with E-state index in [0.717, 1.165) is 36.6 Å². The summed E-state index contributed by atoms with van der Waals surface area (Å²) in [5, 5.41) is 3.16. The fourth-order valence-electron chi connectivity index (χ4n) is 2.78. The van der Waals surface area contributed by atoms with Gasteiger partial charge in [0.25, 0.3) is 0 Å². The van der Waals surface area contributed by atoms with Crippen LogP contribution in [0.1, 0.15) is 24.2 Å². The Balaban J connectivity index is 2.10. The van der Waals surface area contributed by atoms with Crippen molar-refractivity contribution in [3.8, 4) is 11.4 Å². The molecule has 0 saturated heterocycles. The lowest BCUT2D eigenvalue weighted by atomic mass is 10.1. The number of aromatic nitrogens is 2. The summed E-state index contributed by atoms with van der Waals surface area (Å²) in [7, 11) is 1.93. The third-order valence-corrected chi connectivity index (χ3v) is 3.63. The Hall–Kier alpha value is -1.68. The maximum Gasteiger partial charge on any atom is 0.140 e. The quantitative estimate of drug-likeness (QED) is 0.918. The van der Waals surface area contributed by atoms with E-state index in [4.69, 9.17) is 4.98 Å². The Morgan fingerprint density at radius 1 is 1.37 bits per heavy atom. The van der Waals surface area contributed by atoms with Crippen molar-refractivity contribution in [2.45, 2.75) is 32.4 Å². The van der Waals surface area contributed by atoms with Crippen molar-refractivity contribution in [2.75, 3.05) is 7.05 Å². The predicted octanol–water partition coefficient (Wildman–Crippen LogP) is 2.74. The van der Waals surface area contributed by atoms with Crippen LogP contribution < -0.4 is 5.32 Å². The minimum Gasteiger partial charge on any atom is -0.328 e. The van der Waals surface area contributed by atoms with E-state index in [1.807, 2.05) is 13.1 Å². The smallest absolute Gasteiger partial charge is 0.140 e. The summed E-state index contributed by atoms with van der Waals surface area (Å²) in [5.74, 6) is 0.695. The maximum atomic E-state index is 13.4. The van der Waals surface area contributed by atoms with Gasteiger partial charge in [-0.15, -0.1) is 0 Å². The molecule has 3 nitrogen and oxygen atoms in total. The second-order valence-corrected chi connectivity index (χ2v) is 4.98. The number of nitrogens with one attached hydrogen (secondary N) is 1. The molecule has 1 N–H and O–H groups in total. The van der Waals surface area contributed by atoms with Crippen LogP contribution in [0, 0.1) is 5.82 Å². The van der Waals surface area contributed by atoms with E-state index in [0.29, 0.717) is 0 Å². The number of nitrogens with zero attached hydrogens (tertiary/aromatic N) is 2. The summed E-state index contributed by atoms with van der Waals surface area (Å²) >= 11 is 0. The summed E-state index contributed by atoms with van der Waals surface area (Å²) in [5.41, 5.74) is 3.27. The number of halogens is 1. The van der Waals surface area contributed by atoms with Crippen LogP contribution in [0.5, 0.6) is 0 Å². The Labute approximate surface area is 112 Å².